The van der Waals surface area contributed by atoms with Crippen LogP contribution in [0.4, 0.5) is 16.5 Å². The summed E-state index contributed by atoms with van der Waals surface area (Å²) in [6, 6.07) is 26.4. The van der Waals surface area contributed by atoms with Crippen LogP contribution in [0.3, 0.4) is 0 Å². The zero-order chi connectivity index (χ0) is 31.1. The van der Waals surface area contributed by atoms with Gasteiger partial charge in [0.1, 0.15) is 5.75 Å². The van der Waals surface area contributed by atoms with Crippen LogP contribution in [0.15, 0.2) is 99.9 Å². The first-order valence-corrected chi connectivity index (χ1v) is 15.4. The molecule has 44 heavy (non-hydrogen) atoms. The molecule has 0 radical (unpaired) electrons. The summed E-state index contributed by atoms with van der Waals surface area (Å²) in [5, 5.41) is 13.1. The fourth-order valence-corrected chi connectivity index (χ4v) is 5.40. The van der Waals surface area contributed by atoms with Crippen molar-refractivity contribution in [2.75, 3.05) is 17.2 Å². The highest BCUT2D eigenvalue weighted by Crippen LogP contribution is 2.28. The van der Waals surface area contributed by atoms with Crippen molar-refractivity contribution >= 4 is 61.8 Å². The van der Waals surface area contributed by atoms with E-state index in [4.69, 9.17) is 4.74 Å². The van der Waals surface area contributed by atoms with Crippen molar-refractivity contribution in [3.63, 3.8) is 0 Å². The Hall–Kier alpha value is -4.80. The highest BCUT2D eigenvalue weighted by molar-refractivity contribution is 9.10. The van der Waals surface area contributed by atoms with E-state index in [-0.39, 0.29) is 18.4 Å². The second kappa shape index (κ2) is 14.1. The van der Waals surface area contributed by atoms with Gasteiger partial charge in [-0.05, 0) is 74.9 Å². The summed E-state index contributed by atoms with van der Waals surface area (Å²) in [5.74, 6) is -0.195. The summed E-state index contributed by atoms with van der Waals surface area (Å²) < 4.78 is 6.58. The van der Waals surface area contributed by atoms with Crippen LogP contribution < -0.4 is 20.8 Å². The molecule has 0 spiro atoms. The molecule has 0 saturated heterocycles. The molecule has 5 rings (SSSR count). The summed E-state index contributed by atoms with van der Waals surface area (Å²) in [5.41, 5.74) is 10.3. The van der Waals surface area contributed by atoms with Gasteiger partial charge in [-0.15, -0.1) is 11.3 Å². The number of nitrogens with one attached hydrogen (secondary N) is 3. The molecular weight excluding hydrogens is 638 g/mol. The van der Waals surface area contributed by atoms with Gasteiger partial charge in [0, 0.05) is 37.9 Å². The third kappa shape index (κ3) is 8.18. The van der Waals surface area contributed by atoms with E-state index in [1.54, 1.807) is 30.3 Å². The van der Waals surface area contributed by atoms with Gasteiger partial charge >= 0.3 is 0 Å². The lowest BCUT2D eigenvalue weighted by molar-refractivity contribution is -0.118. The average Bonchev–Trinajstić information content (AvgIpc) is 3.48. The van der Waals surface area contributed by atoms with E-state index in [1.165, 1.54) is 23.1 Å². The van der Waals surface area contributed by atoms with Crippen molar-refractivity contribution in [3.8, 4) is 17.0 Å². The van der Waals surface area contributed by atoms with Crippen molar-refractivity contribution in [1.29, 1.82) is 0 Å². The number of anilines is 3. The van der Waals surface area contributed by atoms with Gasteiger partial charge in [0.2, 0.25) is 0 Å². The third-order valence-electron chi connectivity index (χ3n) is 6.61. The minimum Gasteiger partial charge on any atom is -0.483 e. The van der Waals surface area contributed by atoms with Crippen LogP contribution in [0.25, 0.3) is 11.3 Å². The molecule has 0 bridgehead atoms. The van der Waals surface area contributed by atoms with Gasteiger partial charge in [0.15, 0.2) is 11.7 Å². The van der Waals surface area contributed by atoms with Crippen molar-refractivity contribution < 1.29 is 14.3 Å². The summed E-state index contributed by atoms with van der Waals surface area (Å²) in [7, 11) is 0. The number of carbonyl (C=O) groups excluding carboxylic acids is 2. The molecule has 0 aliphatic rings. The molecule has 0 aliphatic heterocycles. The molecule has 222 valence electrons. The highest BCUT2D eigenvalue weighted by Gasteiger charge is 2.11. The number of thiazole rings is 1. The number of hydrogen-bond acceptors (Lipinski definition) is 7. The van der Waals surface area contributed by atoms with Crippen LogP contribution in [0.2, 0.25) is 0 Å². The van der Waals surface area contributed by atoms with Crippen LogP contribution in [0.1, 0.15) is 32.6 Å². The number of halogens is 1. The highest BCUT2D eigenvalue weighted by atomic mass is 79.9. The minimum atomic E-state index is -0.363. The van der Waals surface area contributed by atoms with Crippen molar-refractivity contribution in [2.24, 2.45) is 5.10 Å². The second-order valence-corrected chi connectivity index (χ2v) is 11.9. The first-order valence-electron chi connectivity index (χ1n) is 13.8. The molecule has 1 heterocycles. The molecule has 2 amide bonds. The average molecular weight is 669 g/mol. The normalized spacial score (nSPS) is 10.9. The number of rotatable bonds is 10. The van der Waals surface area contributed by atoms with Crippen molar-refractivity contribution in [3.05, 3.63) is 123 Å². The molecule has 0 aliphatic carbocycles. The van der Waals surface area contributed by atoms with Gasteiger partial charge in [-0.3, -0.25) is 9.59 Å². The van der Waals surface area contributed by atoms with Gasteiger partial charge in [0.05, 0.1) is 11.9 Å². The van der Waals surface area contributed by atoms with E-state index < -0.39 is 0 Å². The molecule has 8 nitrogen and oxygen atoms in total. The Bertz CT molecular complexity index is 1820. The molecule has 3 N–H and O–H groups in total. The molecule has 0 unspecified atom stereocenters. The number of amides is 2. The van der Waals surface area contributed by atoms with E-state index >= 15 is 0 Å². The number of ether oxygens (including phenoxy) is 1. The molecule has 0 fully saturated rings. The predicted octanol–water partition coefficient (Wildman–Crippen LogP) is 8.02. The Morgan fingerprint density at radius 1 is 0.932 bits per heavy atom. The molecule has 5 aromatic rings. The third-order valence-corrected chi connectivity index (χ3v) is 7.86. The van der Waals surface area contributed by atoms with E-state index in [0.717, 1.165) is 43.4 Å². The summed E-state index contributed by atoms with van der Waals surface area (Å²) >= 11 is 4.96. The Labute approximate surface area is 268 Å². The number of benzene rings is 4. The van der Waals surface area contributed by atoms with E-state index in [9.17, 15) is 9.59 Å². The number of hydrogen-bond donors (Lipinski definition) is 3. The van der Waals surface area contributed by atoms with Crippen molar-refractivity contribution in [1.82, 2.24) is 10.4 Å². The predicted molar refractivity (Wildman–Crippen MR) is 181 cm³/mol. The minimum absolute atomic E-state index is 0.184. The first-order chi connectivity index (χ1) is 21.2. The number of carbonyl (C=O) groups is 2. The smallest absolute Gasteiger partial charge is 0.271 e. The van der Waals surface area contributed by atoms with Gasteiger partial charge in [-0.1, -0.05) is 63.5 Å². The largest absolute Gasteiger partial charge is 0.483 e. The van der Waals surface area contributed by atoms with E-state index in [1.807, 2.05) is 80.7 Å². The van der Waals surface area contributed by atoms with Crippen LogP contribution >= 0.6 is 27.3 Å². The van der Waals surface area contributed by atoms with Crippen LogP contribution in [0.5, 0.6) is 5.75 Å². The van der Waals surface area contributed by atoms with Gasteiger partial charge < -0.3 is 15.4 Å². The monoisotopic (exact) mass is 667 g/mol. The van der Waals surface area contributed by atoms with Gasteiger partial charge in [-0.2, -0.15) is 5.10 Å². The Morgan fingerprint density at radius 3 is 2.43 bits per heavy atom. The number of nitrogens with zero attached hydrogens (tertiary/aromatic N) is 2. The number of aromatic nitrogens is 1. The fraction of sp³-hybridized carbons (Fsp3) is 0.118. The van der Waals surface area contributed by atoms with Gasteiger partial charge in [-0.25, -0.2) is 10.4 Å². The molecular formula is C34H30BrN5O3S. The zero-order valence-corrected chi connectivity index (χ0v) is 26.8. The summed E-state index contributed by atoms with van der Waals surface area (Å²) in [6.07, 6.45) is 1.48. The van der Waals surface area contributed by atoms with E-state index in [0.29, 0.717) is 16.9 Å². The zero-order valence-electron chi connectivity index (χ0n) is 24.4. The van der Waals surface area contributed by atoms with Crippen LogP contribution in [0, 0.1) is 20.8 Å². The number of hydrazone groups is 1. The second-order valence-electron chi connectivity index (χ2n) is 10.1. The van der Waals surface area contributed by atoms with Crippen LogP contribution in [-0.2, 0) is 4.79 Å². The molecule has 0 saturated carbocycles. The van der Waals surface area contributed by atoms with Crippen molar-refractivity contribution in [2.45, 2.75) is 20.8 Å². The molecule has 0 atom stereocenters. The van der Waals surface area contributed by atoms with Gasteiger partial charge in [0.25, 0.3) is 11.8 Å². The first kappa shape index (κ1) is 30.7. The lowest BCUT2D eigenvalue weighted by Gasteiger charge is -2.12. The summed E-state index contributed by atoms with van der Waals surface area (Å²) in [4.78, 5) is 29.9. The Morgan fingerprint density at radius 2 is 1.68 bits per heavy atom. The Balaban J connectivity index is 1.17. The SMILES string of the molecule is Cc1ccc(Nc2nc(-c3ccc(C(=O)N/N=C/c4cc(Br)ccc4OCC(=O)Nc4ccc(C)cc4C)cc3)cs2)cc1. The lowest BCUT2D eigenvalue weighted by Crippen LogP contribution is -2.21. The maximum Gasteiger partial charge on any atom is 0.271 e. The topological polar surface area (TPSA) is 105 Å². The standard InChI is InChI=1S/C34H30BrN5O3S/c1-21-4-12-28(13-5-21)37-34-39-30(20-44-34)24-7-9-25(10-8-24)33(42)40-36-18-26-17-27(35)11-15-31(26)43-19-32(41)38-29-14-6-22(2)16-23(29)3/h4-18,20H,19H2,1-3H3,(H,37,39)(H,38,41)(H,40,42)/b36-18+. The maximum atomic E-state index is 12.8. The maximum absolute atomic E-state index is 12.8. The molecule has 1 aromatic heterocycles. The number of aryl methyl sites for hydroxylation is 3. The lowest BCUT2D eigenvalue weighted by atomic mass is 10.1. The molecule has 10 heteroatoms. The van der Waals surface area contributed by atoms with Crippen LogP contribution in [-0.4, -0.2) is 29.6 Å². The fourth-order valence-electron chi connectivity index (χ4n) is 4.28. The molecule has 4 aromatic carbocycles. The summed E-state index contributed by atoms with van der Waals surface area (Å²) in [6.45, 7) is 5.81. The van der Waals surface area contributed by atoms with E-state index in [2.05, 4.69) is 42.1 Å². The quantitative estimate of drug-likeness (QED) is 0.103. The Kier molecular flexibility index (Phi) is 9.83.